The molecule has 0 aromatic carbocycles. The fraction of sp³-hybridized carbons (Fsp3) is 0.875. The Kier molecular flexibility index (Phi) is 2.23. The van der Waals surface area contributed by atoms with Gasteiger partial charge in [0.1, 0.15) is 0 Å². The molecule has 0 N–H and O–H groups in total. The summed E-state index contributed by atoms with van der Waals surface area (Å²) in [5.74, 6) is 0.301. The van der Waals surface area contributed by atoms with E-state index in [0.29, 0.717) is 12.8 Å². The zero-order valence-electron chi connectivity index (χ0n) is 7.31. The van der Waals surface area contributed by atoms with Crippen molar-refractivity contribution in [3.63, 3.8) is 0 Å². The Morgan fingerprint density at radius 1 is 1.80 bits per heavy atom. The van der Waals surface area contributed by atoms with Crippen LogP contribution in [0, 0.1) is 0 Å². The molecule has 0 spiro atoms. The maximum absolute atomic E-state index is 11.0. The number of carbonyl (C=O) groups excluding carboxylic acids is 1. The molecule has 0 bridgehead atoms. The van der Waals surface area contributed by atoms with Crippen molar-refractivity contribution >= 4 is 5.91 Å². The summed E-state index contributed by atoms with van der Waals surface area (Å²) < 4.78 is 6.92. The lowest BCUT2D eigenvalue weighted by atomic mass is 10.3. The van der Waals surface area contributed by atoms with Crippen LogP contribution in [0.1, 0.15) is 34.0 Å². The molecule has 10 heavy (non-hydrogen) atoms. The molecule has 2 heteroatoms. The highest BCUT2D eigenvalue weighted by Gasteiger charge is 2.18. The molecule has 0 radical (unpaired) electrons. The van der Waals surface area contributed by atoms with Crippen molar-refractivity contribution < 1.29 is 6.17 Å². The number of hydrogen-bond donors (Lipinski definition) is 0. The SMILES string of the molecule is [2H]CCCCN1CCCC1=O. The van der Waals surface area contributed by atoms with Crippen LogP contribution in [0.25, 0.3) is 0 Å². The third kappa shape index (κ3) is 1.72. The average Bonchev–Trinajstić information content (AvgIpc) is 2.37. The van der Waals surface area contributed by atoms with Crippen LogP contribution >= 0.6 is 0 Å². The number of carbonyl (C=O) groups is 1. The molecule has 1 rings (SSSR count). The first kappa shape index (κ1) is 6.20. The Balaban J connectivity index is 2.10. The molecule has 0 saturated carbocycles. The first-order chi connectivity index (χ1) is 5.34. The van der Waals surface area contributed by atoms with E-state index in [1.54, 1.807) is 0 Å². The third-order valence-electron chi connectivity index (χ3n) is 1.85. The van der Waals surface area contributed by atoms with E-state index in [1.165, 1.54) is 0 Å². The standard InChI is InChI=1S/C8H15NO/c1-2-3-6-9-7-4-5-8(9)10/h2-7H2,1H3/i1D. The quantitative estimate of drug-likeness (QED) is 0.545. The molecule has 0 aromatic rings. The normalized spacial score (nSPS) is 19.8. The summed E-state index contributed by atoms with van der Waals surface area (Å²) in [6.07, 6.45) is 3.68. The topological polar surface area (TPSA) is 20.3 Å². The maximum atomic E-state index is 11.0. The molecule has 1 heterocycles. The minimum atomic E-state index is 0.301. The molecule has 1 saturated heterocycles. The number of likely N-dealkylation sites (tertiary alicyclic amines) is 1. The van der Waals surface area contributed by atoms with E-state index >= 15 is 0 Å². The van der Waals surface area contributed by atoms with Gasteiger partial charge in [-0.1, -0.05) is 13.3 Å². The number of unbranched alkanes of at least 4 members (excludes halogenated alkanes) is 1. The van der Waals surface area contributed by atoms with Crippen molar-refractivity contribution in [2.24, 2.45) is 0 Å². The molecule has 1 fully saturated rings. The predicted octanol–water partition coefficient (Wildman–Crippen LogP) is 1.41. The van der Waals surface area contributed by atoms with Gasteiger partial charge in [-0.15, -0.1) is 0 Å². The fourth-order valence-corrected chi connectivity index (χ4v) is 1.24. The monoisotopic (exact) mass is 142 g/mol. The molecule has 1 aliphatic heterocycles. The summed E-state index contributed by atoms with van der Waals surface area (Å²) in [6, 6.07) is 0. The molecular formula is C8H15NO. The van der Waals surface area contributed by atoms with Gasteiger partial charge in [-0.3, -0.25) is 4.79 Å². The Labute approximate surface area is 63.6 Å². The second-order valence-electron chi connectivity index (χ2n) is 2.69. The summed E-state index contributed by atoms with van der Waals surface area (Å²) in [5.41, 5.74) is 0. The fourth-order valence-electron chi connectivity index (χ4n) is 1.24. The summed E-state index contributed by atoms with van der Waals surface area (Å²) >= 11 is 0. The second-order valence-corrected chi connectivity index (χ2v) is 2.69. The van der Waals surface area contributed by atoms with Crippen LogP contribution in [0.5, 0.6) is 0 Å². The Morgan fingerprint density at radius 3 is 3.30 bits per heavy atom. The van der Waals surface area contributed by atoms with Gasteiger partial charge < -0.3 is 4.90 Å². The molecule has 0 aromatic heterocycles. The zero-order chi connectivity index (χ0) is 8.10. The lowest BCUT2D eigenvalue weighted by molar-refractivity contribution is -0.127. The van der Waals surface area contributed by atoms with E-state index in [2.05, 4.69) is 0 Å². The number of amides is 1. The minimum absolute atomic E-state index is 0.301. The van der Waals surface area contributed by atoms with Crippen LogP contribution in [0.3, 0.4) is 0 Å². The Bertz CT molecular complexity index is 138. The van der Waals surface area contributed by atoms with E-state index in [0.717, 1.165) is 38.8 Å². The molecular weight excluding hydrogens is 126 g/mol. The minimum Gasteiger partial charge on any atom is -0.343 e. The van der Waals surface area contributed by atoms with Crippen LogP contribution in [0.2, 0.25) is 0 Å². The van der Waals surface area contributed by atoms with Gasteiger partial charge in [0, 0.05) is 20.9 Å². The summed E-state index contributed by atoms with van der Waals surface area (Å²) in [7, 11) is 0. The van der Waals surface area contributed by atoms with Gasteiger partial charge in [0.25, 0.3) is 0 Å². The van der Waals surface area contributed by atoms with Gasteiger partial charge in [0.2, 0.25) is 5.91 Å². The van der Waals surface area contributed by atoms with Crippen molar-refractivity contribution in [1.82, 2.24) is 4.90 Å². The molecule has 0 aliphatic carbocycles. The third-order valence-corrected chi connectivity index (χ3v) is 1.85. The molecule has 1 aliphatic rings. The highest BCUT2D eigenvalue weighted by Crippen LogP contribution is 2.09. The van der Waals surface area contributed by atoms with E-state index in [-0.39, 0.29) is 0 Å². The average molecular weight is 142 g/mol. The second kappa shape index (κ2) is 3.59. The van der Waals surface area contributed by atoms with Crippen LogP contribution in [-0.4, -0.2) is 23.9 Å². The molecule has 1 amide bonds. The van der Waals surface area contributed by atoms with E-state index < -0.39 is 0 Å². The van der Waals surface area contributed by atoms with Crippen molar-refractivity contribution in [3.8, 4) is 0 Å². The van der Waals surface area contributed by atoms with E-state index in [1.807, 2.05) is 4.90 Å². The zero-order valence-corrected chi connectivity index (χ0v) is 6.31. The maximum Gasteiger partial charge on any atom is 0.222 e. The Morgan fingerprint density at radius 2 is 2.70 bits per heavy atom. The molecule has 0 unspecified atom stereocenters. The van der Waals surface area contributed by atoms with Gasteiger partial charge in [-0.2, -0.15) is 0 Å². The Hall–Kier alpha value is -0.530. The van der Waals surface area contributed by atoms with E-state index in [9.17, 15) is 4.79 Å². The highest BCUT2D eigenvalue weighted by atomic mass is 16.2. The van der Waals surface area contributed by atoms with Crippen molar-refractivity contribution in [2.45, 2.75) is 32.6 Å². The van der Waals surface area contributed by atoms with E-state index in [4.69, 9.17) is 1.37 Å². The lowest BCUT2D eigenvalue weighted by Crippen LogP contribution is -2.25. The molecule has 58 valence electrons. The van der Waals surface area contributed by atoms with Gasteiger partial charge in [0.05, 0.1) is 0 Å². The van der Waals surface area contributed by atoms with Gasteiger partial charge in [-0.25, -0.2) is 0 Å². The summed E-state index contributed by atoms with van der Waals surface area (Å²) in [4.78, 5) is 13.0. The number of nitrogens with zero attached hydrogens (tertiary/aromatic N) is 1. The predicted molar refractivity (Wildman–Crippen MR) is 40.7 cm³/mol. The van der Waals surface area contributed by atoms with Crippen molar-refractivity contribution in [3.05, 3.63) is 0 Å². The van der Waals surface area contributed by atoms with Crippen molar-refractivity contribution in [2.75, 3.05) is 13.1 Å². The van der Waals surface area contributed by atoms with Crippen LogP contribution in [0.15, 0.2) is 0 Å². The number of hydrogen-bond acceptors (Lipinski definition) is 1. The highest BCUT2D eigenvalue weighted by molar-refractivity contribution is 5.77. The van der Waals surface area contributed by atoms with Gasteiger partial charge >= 0.3 is 0 Å². The summed E-state index contributed by atoms with van der Waals surface area (Å²) in [5, 5.41) is 0. The first-order valence-electron chi connectivity index (χ1n) is 4.62. The first-order valence-corrected chi connectivity index (χ1v) is 3.91. The molecule has 0 atom stereocenters. The smallest absolute Gasteiger partial charge is 0.222 e. The van der Waals surface area contributed by atoms with Gasteiger partial charge in [0.15, 0.2) is 0 Å². The summed E-state index contributed by atoms with van der Waals surface area (Å²) in [6.45, 7) is 2.30. The van der Waals surface area contributed by atoms with Crippen LogP contribution in [-0.2, 0) is 4.79 Å². The molecule has 2 nitrogen and oxygen atoms in total. The lowest BCUT2D eigenvalue weighted by Gasteiger charge is -2.13. The number of rotatable bonds is 3. The largest absolute Gasteiger partial charge is 0.343 e. The van der Waals surface area contributed by atoms with Gasteiger partial charge in [-0.05, 0) is 12.8 Å². The van der Waals surface area contributed by atoms with Crippen LogP contribution in [0.4, 0.5) is 0 Å². The van der Waals surface area contributed by atoms with Crippen LogP contribution < -0.4 is 0 Å². The van der Waals surface area contributed by atoms with Crippen molar-refractivity contribution in [1.29, 1.82) is 0 Å².